The van der Waals surface area contributed by atoms with E-state index in [-0.39, 0.29) is 6.04 Å². The third kappa shape index (κ3) is 3.65. The number of aromatic nitrogens is 1. The average Bonchev–Trinajstić information content (AvgIpc) is 2.69. The summed E-state index contributed by atoms with van der Waals surface area (Å²) >= 11 is 0. The van der Waals surface area contributed by atoms with Crippen LogP contribution in [0.5, 0.6) is 11.5 Å². The topological polar surface area (TPSA) is 71.9 Å². The Hall–Kier alpha value is -2.60. The van der Waals surface area contributed by atoms with Crippen LogP contribution in [0.3, 0.4) is 0 Å². The van der Waals surface area contributed by atoms with E-state index in [0.29, 0.717) is 24.5 Å². The summed E-state index contributed by atoms with van der Waals surface area (Å²) in [5, 5.41) is 9.77. The summed E-state index contributed by atoms with van der Waals surface area (Å²) in [4.78, 5) is 18.1. The number of ether oxygens (including phenoxy) is 2. The zero-order chi connectivity index (χ0) is 18.5. The Morgan fingerprint density at radius 2 is 1.96 bits per heavy atom. The number of aliphatic carboxylic acids is 1. The van der Waals surface area contributed by atoms with Crippen molar-refractivity contribution in [2.24, 2.45) is 0 Å². The number of likely N-dealkylation sites (tertiary alicyclic amines) is 1. The van der Waals surface area contributed by atoms with Crippen LogP contribution in [0.4, 0.5) is 0 Å². The Morgan fingerprint density at radius 1 is 1.19 bits per heavy atom. The molecule has 0 radical (unpaired) electrons. The van der Waals surface area contributed by atoms with Gasteiger partial charge < -0.3 is 14.6 Å². The van der Waals surface area contributed by atoms with Crippen molar-refractivity contribution in [2.45, 2.75) is 31.3 Å². The second-order valence-corrected chi connectivity index (χ2v) is 6.38. The Balaban J connectivity index is 2.14. The standard InChI is InChI=1S/C20H24N2O4/c1-25-15-6-7-18(26-2)16(13-15)19(14-8-10-21-11-9-14)22-12-4-3-5-17(22)20(23)24/h6-11,13,17,19H,3-5,12H2,1-2H3,(H,23,24). The van der Waals surface area contributed by atoms with Crippen LogP contribution in [0, 0.1) is 0 Å². The lowest BCUT2D eigenvalue weighted by molar-refractivity contribution is -0.145. The highest BCUT2D eigenvalue weighted by atomic mass is 16.5. The zero-order valence-electron chi connectivity index (χ0n) is 15.1. The van der Waals surface area contributed by atoms with Crippen molar-refractivity contribution in [3.8, 4) is 11.5 Å². The maximum atomic E-state index is 11.9. The number of benzene rings is 1. The van der Waals surface area contributed by atoms with Crippen LogP contribution in [0.15, 0.2) is 42.7 Å². The molecule has 0 aliphatic carbocycles. The van der Waals surface area contributed by atoms with E-state index in [1.54, 1.807) is 26.6 Å². The third-order valence-electron chi connectivity index (χ3n) is 4.91. The van der Waals surface area contributed by atoms with E-state index in [1.165, 1.54) is 0 Å². The summed E-state index contributed by atoms with van der Waals surface area (Å²) in [6, 6.07) is 8.71. The largest absolute Gasteiger partial charge is 0.497 e. The number of pyridine rings is 1. The number of rotatable bonds is 6. The van der Waals surface area contributed by atoms with Gasteiger partial charge in [-0.15, -0.1) is 0 Å². The van der Waals surface area contributed by atoms with Crippen molar-refractivity contribution in [2.75, 3.05) is 20.8 Å². The molecule has 0 bridgehead atoms. The van der Waals surface area contributed by atoms with E-state index in [9.17, 15) is 9.90 Å². The molecule has 138 valence electrons. The van der Waals surface area contributed by atoms with E-state index >= 15 is 0 Å². The first kappa shape index (κ1) is 18.2. The minimum absolute atomic E-state index is 0.246. The summed E-state index contributed by atoms with van der Waals surface area (Å²) in [5.41, 5.74) is 1.88. The second kappa shape index (κ2) is 8.19. The van der Waals surface area contributed by atoms with Gasteiger partial charge in [-0.3, -0.25) is 14.7 Å². The molecular formula is C20H24N2O4. The Morgan fingerprint density at radius 3 is 2.62 bits per heavy atom. The SMILES string of the molecule is COc1ccc(OC)c(C(c2ccncc2)N2CCCCC2C(=O)O)c1. The van der Waals surface area contributed by atoms with Gasteiger partial charge in [0.2, 0.25) is 0 Å². The normalized spacial score (nSPS) is 18.9. The van der Waals surface area contributed by atoms with Crippen LogP contribution in [0.2, 0.25) is 0 Å². The molecule has 0 saturated carbocycles. The van der Waals surface area contributed by atoms with E-state index in [0.717, 1.165) is 24.0 Å². The molecule has 0 amide bonds. The van der Waals surface area contributed by atoms with Crippen molar-refractivity contribution in [3.05, 3.63) is 53.9 Å². The monoisotopic (exact) mass is 356 g/mol. The highest BCUT2D eigenvalue weighted by Gasteiger charge is 2.36. The van der Waals surface area contributed by atoms with Gasteiger partial charge in [0.25, 0.3) is 0 Å². The smallest absolute Gasteiger partial charge is 0.320 e. The first-order valence-corrected chi connectivity index (χ1v) is 8.76. The fraction of sp³-hybridized carbons (Fsp3) is 0.400. The van der Waals surface area contributed by atoms with Gasteiger partial charge in [0, 0.05) is 18.0 Å². The lowest BCUT2D eigenvalue weighted by Crippen LogP contribution is -2.46. The molecular weight excluding hydrogens is 332 g/mol. The molecule has 3 rings (SSSR count). The van der Waals surface area contributed by atoms with Crippen LogP contribution in [0.25, 0.3) is 0 Å². The highest BCUT2D eigenvalue weighted by molar-refractivity contribution is 5.73. The number of carboxylic acid groups (broad SMARTS) is 1. The van der Waals surface area contributed by atoms with Gasteiger partial charge in [-0.1, -0.05) is 6.42 Å². The number of hydrogen-bond acceptors (Lipinski definition) is 5. The Kier molecular flexibility index (Phi) is 5.73. The van der Waals surface area contributed by atoms with Crippen molar-refractivity contribution in [1.82, 2.24) is 9.88 Å². The first-order chi connectivity index (χ1) is 12.7. The second-order valence-electron chi connectivity index (χ2n) is 6.38. The summed E-state index contributed by atoms with van der Waals surface area (Å²) in [6.07, 6.45) is 6.00. The van der Waals surface area contributed by atoms with Crippen molar-refractivity contribution in [1.29, 1.82) is 0 Å². The van der Waals surface area contributed by atoms with Gasteiger partial charge in [0.15, 0.2) is 0 Å². The molecule has 1 aliphatic rings. The van der Waals surface area contributed by atoms with Gasteiger partial charge in [-0.2, -0.15) is 0 Å². The maximum absolute atomic E-state index is 11.9. The predicted octanol–water partition coefficient (Wildman–Crippen LogP) is 3.13. The molecule has 1 fully saturated rings. The van der Waals surface area contributed by atoms with Crippen LogP contribution in [0.1, 0.15) is 36.4 Å². The van der Waals surface area contributed by atoms with Crippen LogP contribution < -0.4 is 9.47 Å². The fourth-order valence-corrected chi connectivity index (χ4v) is 3.68. The molecule has 1 aliphatic heterocycles. The summed E-state index contributed by atoms with van der Waals surface area (Å²) in [6.45, 7) is 0.713. The number of nitrogens with zero attached hydrogens (tertiary/aromatic N) is 2. The molecule has 26 heavy (non-hydrogen) atoms. The molecule has 2 heterocycles. The van der Waals surface area contributed by atoms with E-state index in [2.05, 4.69) is 9.88 Å². The van der Waals surface area contributed by atoms with Gasteiger partial charge in [0.1, 0.15) is 17.5 Å². The Bertz CT molecular complexity index is 751. The van der Waals surface area contributed by atoms with Crippen molar-refractivity contribution in [3.63, 3.8) is 0 Å². The summed E-state index contributed by atoms with van der Waals surface area (Å²) < 4.78 is 11.0. The summed E-state index contributed by atoms with van der Waals surface area (Å²) in [7, 11) is 3.24. The van der Waals surface area contributed by atoms with Crippen molar-refractivity contribution >= 4 is 5.97 Å². The van der Waals surface area contributed by atoms with Crippen LogP contribution in [-0.2, 0) is 4.79 Å². The summed E-state index contributed by atoms with van der Waals surface area (Å²) in [5.74, 6) is 0.636. The van der Waals surface area contributed by atoms with E-state index in [4.69, 9.17) is 9.47 Å². The molecule has 1 aromatic heterocycles. The minimum atomic E-state index is -0.786. The van der Waals surface area contributed by atoms with E-state index < -0.39 is 12.0 Å². The van der Waals surface area contributed by atoms with Gasteiger partial charge >= 0.3 is 5.97 Å². The molecule has 1 aromatic carbocycles. The minimum Gasteiger partial charge on any atom is -0.497 e. The molecule has 2 atom stereocenters. The van der Waals surface area contributed by atoms with Gasteiger partial charge in [0.05, 0.1) is 20.3 Å². The number of piperidine rings is 1. The van der Waals surface area contributed by atoms with E-state index in [1.807, 2.05) is 30.3 Å². The first-order valence-electron chi connectivity index (χ1n) is 8.76. The van der Waals surface area contributed by atoms with Gasteiger partial charge in [-0.05, 0) is 55.3 Å². The lowest BCUT2D eigenvalue weighted by Gasteiger charge is -2.40. The fourth-order valence-electron chi connectivity index (χ4n) is 3.68. The molecule has 1 N–H and O–H groups in total. The molecule has 6 nitrogen and oxygen atoms in total. The highest BCUT2D eigenvalue weighted by Crippen LogP contribution is 2.39. The predicted molar refractivity (Wildman–Crippen MR) is 97.6 cm³/mol. The van der Waals surface area contributed by atoms with Gasteiger partial charge in [-0.25, -0.2) is 0 Å². The number of carboxylic acids is 1. The molecule has 0 spiro atoms. The molecule has 2 unspecified atom stereocenters. The maximum Gasteiger partial charge on any atom is 0.320 e. The molecule has 6 heteroatoms. The lowest BCUT2D eigenvalue weighted by atomic mass is 9.91. The number of hydrogen-bond donors (Lipinski definition) is 1. The van der Waals surface area contributed by atoms with Crippen LogP contribution >= 0.6 is 0 Å². The quantitative estimate of drug-likeness (QED) is 0.857. The average molecular weight is 356 g/mol. The number of methoxy groups -OCH3 is 2. The molecule has 2 aromatic rings. The van der Waals surface area contributed by atoms with Crippen molar-refractivity contribution < 1.29 is 19.4 Å². The number of carbonyl (C=O) groups is 1. The third-order valence-corrected chi connectivity index (χ3v) is 4.91. The van der Waals surface area contributed by atoms with Crippen LogP contribution in [-0.4, -0.2) is 47.8 Å². The molecule has 1 saturated heterocycles. The zero-order valence-corrected chi connectivity index (χ0v) is 15.1. The Labute approximate surface area is 153 Å².